The quantitative estimate of drug-likeness (QED) is 0.801. The van der Waals surface area contributed by atoms with Crippen LogP contribution in [0.25, 0.3) is 0 Å². The van der Waals surface area contributed by atoms with E-state index in [1.54, 1.807) is 6.07 Å². The molecule has 112 valence electrons. The van der Waals surface area contributed by atoms with Crippen LogP contribution in [-0.4, -0.2) is 37.0 Å². The van der Waals surface area contributed by atoms with E-state index in [1.807, 2.05) is 37.8 Å². The first-order chi connectivity index (χ1) is 9.82. The number of nitrogens with zero attached hydrogens (tertiary/aromatic N) is 3. The zero-order valence-corrected chi connectivity index (χ0v) is 13.4. The van der Waals surface area contributed by atoms with E-state index in [9.17, 15) is 4.79 Å². The highest BCUT2D eigenvalue weighted by Gasteiger charge is 2.29. The fraction of sp³-hybridized carbons (Fsp3) is 0.500. The Labute approximate surface area is 130 Å². The second-order valence-electron chi connectivity index (χ2n) is 6.31. The summed E-state index contributed by atoms with van der Waals surface area (Å²) in [5.74, 6) is 0.194. The van der Waals surface area contributed by atoms with E-state index in [1.165, 1.54) is 0 Å². The van der Waals surface area contributed by atoms with E-state index >= 15 is 0 Å². The van der Waals surface area contributed by atoms with Crippen molar-refractivity contribution in [2.24, 2.45) is 5.41 Å². The van der Waals surface area contributed by atoms with E-state index in [2.05, 4.69) is 11.0 Å². The molecule has 0 bridgehead atoms. The maximum atomic E-state index is 12.3. The average Bonchev–Trinajstić information content (AvgIpc) is 2.45. The Morgan fingerprint density at radius 3 is 2.33 bits per heavy atom. The molecule has 1 heterocycles. The predicted octanol–water partition coefficient (Wildman–Crippen LogP) is 2.91. The lowest BCUT2D eigenvalue weighted by atomic mass is 9.94. The van der Waals surface area contributed by atoms with Crippen LogP contribution >= 0.6 is 11.6 Å². The van der Waals surface area contributed by atoms with Crippen LogP contribution in [-0.2, 0) is 4.79 Å². The summed E-state index contributed by atoms with van der Waals surface area (Å²) in [6.07, 6.45) is 0. The summed E-state index contributed by atoms with van der Waals surface area (Å²) >= 11 is 6.07. The maximum absolute atomic E-state index is 12.3. The normalized spacial score (nSPS) is 15.8. The van der Waals surface area contributed by atoms with Gasteiger partial charge in [0.15, 0.2) is 0 Å². The molecule has 0 aromatic heterocycles. The molecule has 0 saturated carbocycles. The predicted molar refractivity (Wildman–Crippen MR) is 84.4 cm³/mol. The number of hydrogen-bond donors (Lipinski definition) is 0. The van der Waals surface area contributed by atoms with Crippen molar-refractivity contribution < 1.29 is 4.79 Å². The number of piperazine rings is 1. The first-order valence-corrected chi connectivity index (χ1v) is 7.44. The Morgan fingerprint density at radius 1 is 1.24 bits per heavy atom. The molecule has 1 fully saturated rings. The number of rotatable bonds is 1. The number of carbonyl (C=O) groups is 1. The van der Waals surface area contributed by atoms with Crippen LogP contribution in [0.3, 0.4) is 0 Å². The fourth-order valence-corrected chi connectivity index (χ4v) is 2.65. The third kappa shape index (κ3) is 3.48. The summed E-state index contributed by atoms with van der Waals surface area (Å²) in [5.41, 5.74) is 1.16. The van der Waals surface area contributed by atoms with Crippen molar-refractivity contribution in [2.45, 2.75) is 20.8 Å². The minimum atomic E-state index is -0.333. The maximum Gasteiger partial charge on any atom is 0.228 e. The second kappa shape index (κ2) is 5.95. The molecule has 1 aliphatic rings. The molecule has 5 heteroatoms. The molecule has 0 N–H and O–H groups in total. The number of halogens is 1. The second-order valence-corrected chi connectivity index (χ2v) is 6.71. The molecule has 1 amide bonds. The molecule has 0 radical (unpaired) electrons. The van der Waals surface area contributed by atoms with Crippen molar-refractivity contribution in [2.75, 3.05) is 31.1 Å². The van der Waals surface area contributed by atoms with Crippen molar-refractivity contribution in [3.8, 4) is 6.07 Å². The number of benzene rings is 1. The zero-order chi connectivity index (χ0) is 15.6. The van der Waals surface area contributed by atoms with Gasteiger partial charge in [-0.25, -0.2) is 0 Å². The van der Waals surface area contributed by atoms with Crippen LogP contribution in [0, 0.1) is 16.7 Å². The summed E-state index contributed by atoms with van der Waals surface area (Å²) in [4.78, 5) is 16.4. The topological polar surface area (TPSA) is 47.3 Å². The molecule has 0 aliphatic carbocycles. The molecule has 0 spiro atoms. The number of nitriles is 1. The van der Waals surface area contributed by atoms with Gasteiger partial charge in [-0.2, -0.15) is 5.26 Å². The van der Waals surface area contributed by atoms with Gasteiger partial charge in [0, 0.05) is 37.3 Å². The van der Waals surface area contributed by atoms with Gasteiger partial charge in [-0.3, -0.25) is 4.79 Å². The lowest BCUT2D eigenvalue weighted by Crippen LogP contribution is -2.51. The summed E-state index contributed by atoms with van der Waals surface area (Å²) in [6, 6.07) is 7.53. The standard InChI is InChI=1S/C16H20ClN3O/c1-16(2,3)15(21)20-8-6-19(7-9-20)13-5-4-12(11-18)14(17)10-13/h4-5,10H,6-9H2,1-3H3. The molecule has 1 aliphatic heterocycles. The number of anilines is 1. The Morgan fingerprint density at radius 2 is 1.86 bits per heavy atom. The Kier molecular flexibility index (Phi) is 4.43. The third-order valence-corrected chi connectivity index (χ3v) is 3.96. The fourth-order valence-electron chi connectivity index (χ4n) is 2.43. The largest absolute Gasteiger partial charge is 0.368 e. The molecule has 0 unspecified atom stereocenters. The Balaban J connectivity index is 2.03. The van der Waals surface area contributed by atoms with Crippen LogP contribution in [0.15, 0.2) is 18.2 Å². The van der Waals surface area contributed by atoms with E-state index in [-0.39, 0.29) is 11.3 Å². The van der Waals surface area contributed by atoms with Gasteiger partial charge in [-0.05, 0) is 18.2 Å². The number of hydrogen-bond acceptors (Lipinski definition) is 3. The van der Waals surface area contributed by atoms with Gasteiger partial charge in [-0.15, -0.1) is 0 Å². The summed E-state index contributed by atoms with van der Waals surface area (Å²) in [6.45, 7) is 8.84. The van der Waals surface area contributed by atoms with Crippen molar-refractivity contribution in [3.05, 3.63) is 28.8 Å². The van der Waals surface area contributed by atoms with Gasteiger partial charge >= 0.3 is 0 Å². The first kappa shape index (κ1) is 15.7. The van der Waals surface area contributed by atoms with Crippen molar-refractivity contribution >= 4 is 23.2 Å². The number of carbonyl (C=O) groups excluding carboxylic acids is 1. The summed E-state index contributed by atoms with van der Waals surface area (Å²) < 4.78 is 0. The van der Waals surface area contributed by atoms with Crippen LogP contribution in [0.4, 0.5) is 5.69 Å². The van der Waals surface area contributed by atoms with Gasteiger partial charge in [0.1, 0.15) is 6.07 Å². The van der Waals surface area contributed by atoms with Crippen LogP contribution in [0.1, 0.15) is 26.3 Å². The molecule has 4 nitrogen and oxygen atoms in total. The molecule has 1 saturated heterocycles. The van der Waals surface area contributed by atoms with E-state index in [4.69, 9.17) is 16.9 Å². The summed E-state index contributed by atoms with van der Waals surface area (Å²) in [7, 11) is 0. The van der Waals surface area contributed by atoms with Crippen LogP contribution in [0.5, 0.6) is 0 Å². The molecular formula is C16H20ClN3O. The van der Waals surface area contributed by atoms with E-state index in [0.717, 1.165) is 18.8 Å². The average molecular weight is 306 g/mol. The first-order valence-electron chi connectivity index (χ1n) is 7.07. The van der Waals surface area contributed by atoms with Gasteiger partial charge in [-0.1, -0.05) is 32.4 Å². The SMILES string of the molecule is CC(C)(C)C(=O)N1CCN(c2ccc(C#N)c(Cl)c2)CC1. The third-order valence-electron chi connectivity index (χ3n) is 3.65. The van der Waals surface area contributed by atoms with Crippen LogP contribution in [0.2, 0.25) is 5.02 Å². The molecule has 1 aromatic carbocycles. The van der Waals surface area contributed by atoms with Gasteiger partial charge < -0.3 is 9.80 Å². The molecule has 1 aromatic rings. The Hall–Kier alpha value is -1.73. The van der Waals surface area contributed by atoms with Crippen molar-refractivity contribution in [3.63, 3.8) is 0 Å². The van der Waals surface area contributed by atoms with Crippen LogP contribution < -0.4 is 4.90 Å². The lowest BCUT2D eigenvalue weighted by Gasteiger charge is -2.38. The van der Waals surface area contributed by atoms with Gasteiger partial charge in [0.2, 0.25) is 5.91 Å². The minimum Gasteiger partial charge on any atom is -0.368 e. The molecule has 21 heavy (non-hydrogen) atoms. The monoisotopic (exact) mass is 305 g/mol. The minimum absolute atomic E-state index is 0.194. The highest BCUT2D eigenvalue weighted by molar-refractivity contribution is 6.32. The molecular weight excluding hydrogens is 286 g/mol. The molecule has 2 rings (SSSR count). The highest BCUT2D eigenvalue weighted by atomic mass is 35.5. The van der Waals surface area contributed by atoms with Crippen molar-refractivity contribution in [1.82, 2.24) is 4.90 Å². The number of amides is 1. The Bertz CT molecular complexity index is 578. The van der Waals surface area contributed by atoms with E-state index in [0.29, 0.717) is 23.7 Å². The zero-order valence-electron chi connectivity index (χ0n) is 12.7. The lowest BCUT2D eigenvalue weighted by molar-refractivity contribution is -0.139. The molecule has 0 atom stereocenters. The van der Waals surface area contributed by atoms with Gasteiger partial charge in [0.25, 0.3) is 0 Å². The highest BCUT2D eigenvalue weighted by Crippen LogP contribution is 2.25. The van der Waals surface area contributed by atoms with Crippen molar-refractivity contribution in [1.29, 1.82) is 5.26 Å². The summed E-state index contributed by atoms with van der Waals surface area (Å²) in [5, 5.41) is 9.37. The van der Waals surface area contributed by atoms with Gasteiger partial charge in [0.05, 0.1) is 10.6 Å². The van der Waals surface area contributed by atoms with E-state index < -0.39 is 0 Å². The smallest absolute Gasteiger partial charge is 0.228 e.